The zero-order valence-corrected chi connectivity index (χ0v) is 20.4. The Hall–Kier alpha value is -1.25. The standard InChI is InChI=1S/C25H43FN4O3/c1-29-24(31)14-22(30(29)16-17-6-9-21(33-2)10-7-17)25(32)28-23-11-8-19(15-27-23)12-18-4-3-5-20(26)13-18/h17-23,27H,3-16H2,1-2H3,(H,28,32). The maximum atomic E-state index is 13.7. The number of amides is 2. The van der Waals surface area contributed by atoms with E-state index in [0.717, 1.165) is 83.7 Å². The van der Waals surface area contributed by atoms with Crippen LogP contribution in [-0.2, 0) is 14.3 Å². The monoisotopic (exact) mass is 466 g/mol. The lowest BCUT2D eigenvalue weighted by Gasteiger charge is -2.36. The van der Waals surface area contributed by atoms with Crippen molar-refractivity contribution in [2.75, 3.05) is 27.2 Å². The van der Waals surface area contributed by atoms with Crippen LogP contribution in [0.25, 0.3) is 0 Å². The quantitative estimate of drug-likeness (QED) is 0.603. The Labute approximate surface area is 198 Å². The second-order valence-electron chi connectivity index (χ2n) is 10.9. The molecule has 4 rings (SSSR count). The van der Waals surface area contributed by atoms with Crippen molar-refractivity contribution < 1.29 is 18.7 Å². The van der Waals surface area contributed by atoms with Gasteiger partial charge in [-0.1, -0.05) is 12.8 Å². The van der Waals surface area contributed by atoms with Gasteiger partial charge in [0.25, 0.3) is 0 Å². The van der Waals surface area contributed by atoms with Gasteiger partial charge < -0.3 is 10.1 Å². The van der Waals surface area contributed by atoms with Crippen molar-refractivity contribution in [3.63, 3.8) is 0 Å². The van der Waals surface area contributed by atoms with Gasteiger partial charge in [0.05, 0.1) is 18.7 Å². The number of carbonyl (C=O) groups excluding carboxylic acids is 2. The highest BCUT2D eigenvalue weighted by Crippen LogP contribution is 2.33. The number of hydrogen-bond acceptors (Lipinski definition) is 5. The molecule has 0 aromatic carbocycles. The van der Waals surface area contributed by atoms with Crippen LogP contribution in [-0.4, -0.2) is 73.6 Å². The fraction of sp³-hybridized carbons (Fsp3) is 0.920. The van der Waals surface area contributed by atoms with Gasteiger partial charge in [0.15, 0.2) is 0 Å². The zero-order valence-electron chi connectivity index (χ0n) is 20.4. The smallest absolute Gasteiger partial charge is 0.240 e. The lowest BCUT2D eigenvalue weighted by Crippen LogP contribution is -2.56. The summed E-state index contributed by atoms with van der Waals surface area (Å²) >= 11 is 0. The molecule has 0 aromatic rings. The van der Waals surface area contributed by atoms with Crippen molar-refractivity contribution in [2.45, 2.75) is 102 Å². The molecule has 5 atom stereocenters. The second kappa shape index (κ2) is 11.5. The van der Waals surface area contributed by atoms with Gasteiger partial charge in [0.2, 0.25) is 11.8 Å². The molecule has 0 spiro atoms. The Kier molecular flexibility index (Phi) is 8.63. The second-order valence-corrected chi connectivity index (χ2v) is 10.9. The number of alkyl halides is 1. The summed E-state index contributed by atoms with van der Waals surface area (Å²) in [4.78, 5) is 25.6. The molecule has 2 amide bonds. The van der Waals surface area contributed by atoms with Crippen LogP contribution in [0.1, 0.15) is 77.0 Å². The van der Waals surface area contributed by atoms with Crippen molar-refractivity contribution in [3.8, 4) is 0 Å². The molecule has 4 fully saturated rings. The van der Waals surface area contributed by atoms with E-state index in [1.165, 1.54) is 0 Å². The number of hydrazine groups is 1. The minimum absolute atomic E-state index is 0.0102. The lowest BCUT2D eigenvalue weighted by atomic mass is 9.80. The van der Waals surface area contributed by atoms with Crippen molar-refractivity contribution in [1.82, 2.24) is 20.7 Å². The maximum Gasteiger partial charge on any atom is 0.240 e. The van der Waals surface area contributed by atoms with Gasteiger partial charge in [-0.25, -0.2) is 9.40 Å². The first-order chi connectivity index (χ1) is 15.9. The molecule has 0 aromatic heterocycles. The van der Waals surface area contributed by atoms with E-state index in [0.29, 0.717) is 23.9 Å². The number of nitrogens with one attached hydrogen (secondary N) is 2. The molecule has 33 heavy (non-hydrogen) atoms. The first-order valence-electron chi connectivity index (χ1n) is 13.2. The van der Waals surface area contributed by atoms with Crippen molar-refractivity contribution >= 4 is 11.8 Å². The van der Waals surface area contributed by atoms with Gasteiger partial charge in [0.1, 0.15) is 12.2 Å². The van der Waals surface area contributed by atoms with Crippen molar-refractivity contribution in [1.29, 1.82) is 0 Å². The van der Waals surface area contributed by atoms with Crippen LogP contribution in [0.3, 0.4) is 0 Å². The first-order valence-corrected chi connectivity index (χ1v) is 13.2. The molecule has 7 nitrogen and oxygen atoms in total. The molecule has 0 bridgehead atoms. The predicted molar refractivity (Wildman–Crippen MR) is 125 cm³/mol. The average Bonchev–Trinajstić information content (AvgIpc) is 3.09. The third-order valence-electron chi connectivity index (χ3n) is 8.57. The number of hydrogen-bond donors (Lipinski definition) is 2. The first kappa shape index (κ1) is 24.9. The number of rotatable bonds is 7. The van der Waals surface area contributed by atoms with E-state index in [2.05, 4.69) is 10.6 Å². The molecule has 2 N–H and O–H groups in total. The zero-order chi connectivity index (χ0) is 23.4. The number of ether oxygens (including phenoxy) is 1. The molecule has 5 unspecified atom stereocenters. The molecule has 4 aliphatic rings. The summed E-state index contributed by atoms with van der Waals surface area (Å²) < 4.78 is 19.2. The Morgan fingerprint density at radius 2 is 1.85 bits per heavy atom. The van der Waals surface area contributed by atoms with E-state index in [-0.39, 0.29) is 24.4 Å². The molecular weight excluding hydrogens is 423 g/mol. The minimum Gasteiger partial charge on any atom is -0.381 e. The summed E-state index contributed by atoms with van der Waals surface area (Å²) in [5.74, 6) is 1.51. The number of piperidine rings is 1. The highest BCUT2D eigenvalue weighted by atomic mass is 19.1. The van der Waals surface area contributed by atoms with E-state index in [1.54, 1.807) is 19.2 Å². The van der Waals surface area contributed by atoms with Crippen molar-refractivity contribution in [2.24, 2.45) is 17.8 Å². The molecule has 2 saturated carbocycles. The Morgan fingerprint density at radius 3 is 2.52 bits per heavy atom. The highest BCUT2D eigenvalue weighted by molar-refractivity contribution is 5.90. The summed E-state index contributed by atoms with van der Waals surface area (Å²) in [6, 6.07) is -0.425. The van der Waals surface area contributed by atoms with Gasteiger partial charge in [-0.05, 0) is 82.1 Å². The fourth-order valence-electron chi connectivity index (χ4n) is 6.47. The largest absolute Gasteiger partial charge is 0.381 e. The van der Waals surface area contributed by atoms with Crippen LogP contribution in [0.15, 0.2) is 0 Å². The van der Waals surface area contributed by atoms with E-state index < -0.39 is 12.2 Å². The van der Waals surface area contributed by atoms with Gasteiger partial charge >= 0.3 is 0 Å². The maximum absolute atomic E-state index is 13.7. The Bertz CT molecular complexity index is 664. The topological polar surface area (TPSA) is 73.9 Å². The van der Waals surface area contributed by atoms with Crippen LogP contribution in [0.2, 0.25) is 0 Å². The normalized spacial score (nSPS) is 38.5. The Balaban J connectivity index is 1.23. The van der Waals surface area contributed by atoms with Gasteiger partial charge in [0, 0.05) is 20.7 Å². The predicted octanol–water partition coefficient (Wildman–Crippen LogP) is 3.00. The molecule has 2 aliphatic heterocycles. The summed E-state index contributed by atoms with van der Waals surface area (Å²) in [6.07, 6.45) is 10.8. The van der Waals surface area contributed by atoms with Crippen LogP contribution in [0.4, 0.5) is 4.39 Å². The number of halogens is 1. The van der Waals surface area contributed by atoms with E-state index in [4.69, 9.17) is 4.74 Å². The molecule has 188 valence electrons. The molecular formula is C25H43FN4O3. The van der Waals surface area contributed by atoms with Gasteiger partial charge in [-0.2, -0.15) is 0 Å². The molecule has 0 radical (unpaired) electrons. The van der Waals surface area contributed by atoms with Gasteiger partial charge in [-0.3, -0.25) is 19.9 Å². The third kappa shape index (κ3) is 6.45. The highest BCUT2D eigenvalue weighted by Gasteiger charge is 2.42. The molecule has 2 heterocycles. The number of methoxy groups -OCH3 is 1. The van der Waals surface area contributed by atoms with Crippen LogP contribution < -0.4 is 10.6 Å². The SMILES string of the molecule is COC1CCC(CN2C(C(=O)NC3CCC(CC4CCCC(F)C4)CN3)CC(=O)N2C)CC1. The average molecular weight is 467 g/mol. The number of nitrogens with zero attached hydrogens (tertiary/aromatic N) is 2. The van der Waals surface area contributed by atoms with E-state index in [1.807, 2.05) is 5.01 Å². The number of carbonyl (C=O) groups is 2. The van der Waals surface area contributed by atoms with E-state index in [9.17, 15) is 14.0 Å². The van der Waals surface area contributed by atoms with Crippen LogP contribution >= 0.6 is 0 Å². The summed E-state index contributed by atoms with van der Waals surface area (Å²) in [5.41, 5.74) is 0. The van der Waals surface area contributed by atoms with Crippen LogP contribution in [0, 0.1) is 17.8 Å². The molecule has 2 aliphatic carbocycles. The summed E-state index contributed by atoms with van der Waals surface area (Å²) in [7, 11) is 3.56. The summed E-state index contributed by atoms with van der Waals surface area (Å²) in [6.45, 7) is 1.61. The minimum atomic E-state index is -0.613. The molecule has 2 saturated heterocycles. The van der Waals surface area contributed by atoms with Crippen LogP contribution in [0.5, 0.6) is 0 Å². The Morgan fingerprint density at radius 1 is 1.09 bits per heavy atom. The van der Waals surface area contributed by atoms with Crippen molar-refractivity contribution in [3.05, 3.63) is 0 Å². The summed E-state index contributed by atoms with van der Waals surface area (Å²) in [5, 5.41) is 10.3. The third-order valence-corrected chi connectivity index (χ3v) is 8.57. The van der Waals surface area contributed by atoms with E-state index >= 15 is 0 Å². The molecule has 8 heteroatoms. The lowest BCUT2D eigenvalue weighted by molar-refractivity contribution is -0.139. The van der Waals surface area contributed by atoms with Gasteiger partial charge in [-0.15, -0.1) is 0 Å². The fourth-order valence-corrected chi connectivity index (χ4v) is 6.47.